The first-order valence-electron chi connectivity index (χ1n) is 5.76. The van der Waals surface area contributed by atoms with Gasteiger partial charge < -0.3 is 10.1 Å². The number of nitrogens with one attached hydrogen (secondary N) is 1. The maximum absolute atomic E-state index is 11.2. The van der Waals surface area contributed by atoms with Gasteiger partial charge in [0, 0.05) is 5.92 Å². The fourth-order valence-corrected chi connectivity index (χ4v) is 2.33. The van der Waals surface area contributed by atoms with E-state index >= 15 is 0 Å². The number of aromatic hydroxyl groups is 1. The molecule has 0 atom stereocenters. The highest BCUT2D eigenvalue weighted by Gasteiger charge is 2.28. The highest BCUT2D eigenvalue weighted by Crippen LogP contribution is 2.41. The van der Waals surface area contributed by atoms with Crippen LogP contribution in [0.15, 0.2) is 10.9 Å². The molecule has 0 saturated heterocycles. The van der Waals surface area contributed by atoms with Crippen molar-refractivity contribution in [2.45, 2.75) is 45.4 Å². The second-order valence-electron chi connectivity index (χ2n) is 5.43. The minimum Gasteiger partial charge on any atom is -0.493 e. The predicted molar refractivity (Wildman–Crippen MR) is 61.5 cm³/mol. The Morgan fingerprint density at radius 2 is 2.06 bits per heavy atom. The Kier molecular flexibility index (Phi) is 2.74. The maximum Gasteiger partial charge on any atom is 0.254 e. The number of H-pyrrole nitrogens is 1. The van der Waals surface area contributed by atoms with Gasteiger partial charge in [-0.15, -0.1) is 0 Å². The average molecular weight is 222 g/mol. The molecule has 2 rings (SSSR count). The van der Waals surface area contributed by atoms with Crippen molar-refractivity contribution in [3.63, 3.8) is 0 Å². The smallest absolute Gasteiger partial charge is 0.254 e. The SMILES string of the molecule is CC1(C)CCC(c2nc(O)cc(=O)[nH]2)CC1. The maximum atomic E-state index is 11.2. The molecule has 1 aliphatic carbocycles. The van der Waals surface area contributed by atoms with Crippen LogP contribution in [0.25, 0.3) is 0 Å². The first-order valence-corrected chi connectivity index (χ1v) is 5.76. The zero-order valence-electron chi connectivity index (χ0n) is 9.79. The highest BCUT2D eigenvalue weighted by atomic mass is 16.3. The molecular weight excluding hydrogens is 204 g/mol. The van der Waals surface area contributed by atoms with Gasteiger partial charge in [0.2, 0.25) is 5.88 Å². The number of hydrogen-bond acceptors (Lipinski definition) is 3. The molecule has 1 fully saturated rings. The molecular formula is C12H18N2O2. The lowest BCUT2D eigenvalue weighted by Crippen LogP contribution is -2.22. The summed E-state index contributed by atoms with van der Waals surface area (Å²) >= 11 is 0. The quantitative estimate of drug-likeness (QED) is 0.765. The Morgan fingerprint density at radius 3 is 2.62 bits per heavy atom. The standard InChI is InChI=1S/C12H18N2O2/c1-12(2)5-3-8(4-6-12)11-13-9(15)7-10(16)14-11/h7-8H,3-6H2,1-2H3,(H2,13,14,15,16). The van der Waals surface area contributed by atoms with E-state index < -0.39 is 0 Å². The van der Waals surface area contributed by atoms with Crippen LogP contribution in [0.2, 0.25) is 0 Å². The Balaban J connectivity index is 2.17. The molecule has 1 aliphatic rings. The lowest BCUT2D eigenvalue weighted by molar-refractivity contribution is 0.220. The van der Waals surface area contributed by atoms with E-state index in [1.807, 2.05) is 0 Å². The second-order valence-corrected chi connectivity index (χ2v) is 5.43. The first kappa shape index (κ1) is 11.2. The Bertz CT molecular complexity index is 427. The van der Waals surface area contributed by atoms with Gasteiger partial charge in [-0.05, 0) is 31.1 Å². The zero-order chi connectivity index (χ0) is 11.8. The van der Waals surface area contributed by atoms with E-state index in [4.69, 9.17) is 0 Å². The van der Waals surface area contributed by atoms with Gasteiger partial charge in [-0.3, -0.25) is 4.79 Å². The van der Waals surface area contributed by atoms with E-state index in [9.17, 15) is 9.90 Å². The molecule has 2 N–H and O–H groups in total. The molecule has 4 heteroatoms. The van der Waals surface area contributed by atoms with E-state index in [2.05, 4.69) is 23.8 Å². The van der Waals surface area contributed by atoms with Gasteiger partial charge in [0.25, 0.3) is 5.56 Å². The molecule has 1 aromatic rings. The van der Waals surface area contributed by atoms with Gasteiger partial charge in [-0.2, -0.15) is 0 Å². The fourth-order valence-electron chi connectivity index (χ4n) is 2.33. The third kappa shape index (κ3) is 2.43. The molecule has 0 aliphatic heterocycles. The van der Waals surface area contributed by atoms with Crippen LogP contribution in [0.5, 0.6) is 5.88 Å². The molecule has 1 heterocycles. The van der Waals surface area contributed by atoms with E-state index in [-0.39, 0.29) is 17.4 Å². The zero-order valence-corrected chi connectivity index (χ0v) is 9.79. The summed E-state index contributed by atoms with van der Waals surface area (Å²) in [4.78, 5) is 17.9. The van der Waals surface area contributed by atoms with Crippen LogP contribution in [-0.2, 0) is 0 Å². The molecule has 88 valence electrons. The van der Waals surface area contributed by atoms with Gasteiger partial charge in [0.1, 0.15) is 5.82 Å². The minimum absolute atomic E-state index is 0.177. The van der Waals surface area contributed by atoms with Crippen LogP contribution in [0.4, 0.5) is 0 Å². The van der Waals surface area contributed by atoms with Crippen molar-refractivity contribution in [2.75, 3.05) is 0 Å². The summed E-state index contributed by atoms with van der Waals surface area (Å²) in [6.45, 7) is 4.53. The lowest BCUT2D eigenvalue weighted by atomic mass is 9.73. The van der Waals surface area contributed by atoms with Crippen LogP contribution in [0, 0.1) is 5.41 Å². The van der Waals surface area contributed by atoms with Crippen molar-refractivity contribution in [1.29, 1.82) is 0 Å². The number of aromatic nitrogens is 2. The summed E-state index contributed by atoms with van der Waals surface area (Å²) < 4.78 is 0. The van der Waals surface area contributed by atoms with Crippen LogP contribution in [-0.4, -0.2) is 15.1 Å². The minimum atomic E-state index is -0.271. The summed E-state index contributed by atoms with van der Waals surface area (Å²) in [5.74, 6) is 0.747. The largest absolute Gasteiger partial charge is 0.493 e. The highest BCUT2D eigenvalue weighted by molar-refractivity contribution is 5.10. The third-order valence-electron chi connectivity index (χ3n) is 3.47. The molecule has 0 bridgehead atoms. The molecule has 0 spiro atoms. The Hall–Kier alpha value is -1.32. The van der Waals surface area contributed by atoms with E-state index in [0.29, 0.717) is 11.2 Å². The van der Waals surface area contributed by atoms with Crippen LogP contribution in [0.1, 0.15) is 51.3 Å². The number of rotatable bonds is 1. The number of hydrogen-bond donors (Lipinski definition) is 2. The van der Waals surface area contributed by atoms with Crippen LogP contribution < -0.4 is 5.56 Å². The van der Waals surface area contributed by atoms with Crippen LogP contribution in [0.3, 0.4) is 0 Å². The number of aromatic amines is 1. The van der Waals surface area contributed by atoms with Crippen LogP contribution >= 0.6 is 0 Å². The van der Waals surface area contributed by atoms with Crippen molar-refractivity contribution >= 4 is 0 Å². The van der Waals surface area contributed by atoms with Crippen molar-refractivity contribution in [2.24, 2.45) is 5.41 Å². The summed E-state index contributed by atoms with van der Waals surface area (Å²) in [6.07, 6.45) is 4.33. The summed E-state index contributed by atoms with van der Waals surface area (Å²) in [5.41, 5.74) is 0.125. The molecule has 1 aromatic heterocycles. The molecule has 1 saturated carbocycles. The molecule has 0 aromatic carbocycles. The fraction of sp³-hybridized carbons (Fsp3) is 0.667. The van der Waals surface area contributed by atoms with Gasteiger partial charge >= 0.3 is 0 Å². The summed E-state index contributed by atoms with van der Waals surface area (Å²) in [5, 5.41) is 9.30. The average Bonchev–Trinajstić information content (AvgIpc) is 2.15. The van der Waals surface area contributed by atoms with Gasteiger partial charge in [-0.1, -0.05) is 13.8 Å². The van der Waals surface area contributed by atoms with E-state index in [1.165, 1.54) is 0 Å². The van der Waals surface area contributed by atoms with Crippen molar-refractivity contribution in [1.82, 2.24) is 9.97 Å². The van der Waals surface area contributed by atoms with Crippen molar-refractivity contribution < 1.29 is 5.11 Å². The van der Waals surface area contributed by atoms with E-state index in [1.54, 1.807) is 0 Å². The Morgan fingerprint density at radius 1 is 1.44 bits per heavy atom. The molecule has 4 nitrogen and oxygen atoms in total. The lowest BCUT2D eigenvalue weighted by Gasteiger charge is -2.33. The molecule has 0 amide bonds. The van der Waals surface area contributed by atoms with Gasteiger partial charge in [0.05, 0.1) is 6.07 Å². The molecule has 16 heavy (non-hydrogen) atoms. The third-order valence-corrected chi connectivity index (χ3v) is 3.47. The van der Waals surface area contributed by atoms with Crippen molar-refractivity contribution in [3.05, 3.63) is 22.2 Å². The van der Waals surface area contributed by atoms with Gasteiger partial charge in [0.15, 0.2) is 0 Å². The molecule has 0 unspecified atom stereocenters. The van der Waals surface area contributed by atoms with E-state index in [0.717, 1.165) is 31.7 Å². The normalized spacial score (nSPS) is 20.9. The predicted octanol–water partition coefficient (Wildman–Crippen LogP) is 2.16. The summed E-state index contributed by atoms with van der Waals surface area (Å²) in [7, 11) is 0. The van der Waals surface area contributed by atoms with Crippen molar-refractivity contribution in [3.8, 4) is 5.88 Å². The monoisotopic (exact) mass is 222 g/mol. The first-order chi connectivity index (χ1) is 7.46. The Labute approximate surface area is 94.7 Å². The molecule has 0 radical (unpaired) electrons. The summed E-state index contributed by atoms with van der Waals surface area (Å²) in [6, 6.07) is 1.11. The second kappa shape index (κ2) is 3.92. The number of nitrogens with zero attached hydrogens (tertiary/aromatic N) is 1. The topological polar surface area (TPSA) is 66.0 Å². The van der Waals surface area contributed by atoms with Gasteiger partial charge in [-0.25, -0.2) is 4.98 Å².